The Morgan fingerprint density at radius 1 is 1.28 bits per heavy atom. The molecule has 2 rings (SSSR count). The molecule has 5 heteroatoms. The van der Waals surface area contributed by atoms with E-state index in [9.17, 15) is 0 Å². The highest BCUT2D eigenvalue weighted by Crippen LogP contribution is 2.30. The molecule has 94 valence electrons. The second kappa shape index (κ2) is 6.18. The Labute approximate surface area is 116 Å². The lowest BCUT2D eigenvalue weighted by atomic mass is 10.1. The van der Waals surface area contributed by atoms with Crippen LogP contribution in [-0.4, -0.2) is 17.0 Å². The number of rotatable bonds is 4. The van der Waals surface area contributed by atoms with E-state index in [1.54, 1.807) is 6.20 Å². The third kappa shape index (κ3) is 3.22. The fourth-order valence-corrected chi connectivity index (χ4v) is 2.48. The van der Waals surface area contributed by atoms with Crippen molar-refractivity contribution in [2.24, 2.45) is 0 Å². The van der Waals surface area contributed by atoms with Gasteiger partial charge in [0.05, 0.1) is 5.02 Å². The number of aromatic nitrogens is 2. The summed E-state index contributed by atoms with van der Waals surface area (Å²) >= 11 is 7.55. The third-order valence-electron chi connectivity index (χ3n) is 2.62. The van der Waals surface area contributed by atoms with Crippen molar-refractivity contribution in [2.45, 2.75) is 23.0 Å². The second-order valence-electron chi connectivity index (χ2n) is 3.83. The number of halogens is 1. The highest BCUT2D eigenvalue weighted by atomic mass is 35.5. The minimum absolute atomic E-state index is 0.298. The van der Waals surface area contributed by atoms with Crippen LogP contribution in [0.3, 0.4) is 0 Å². The van der Waals surface area contributed by atoms with Crippen molar-refractivity contribution in [1.82, 2.24) is 15.3 Å². The van der Waals surface area contributed by atoms with E-state index < -0.39 is 0 Å². The lowest BCUT2D eigenvalue weighted by Crippen LogP contribution is -2.12. The van der Waals surface area contributed by atoms with E-state index in [2.05, 4.69) is 28.3 Å². The van der Waals surface area contributed by atoms with Gasteiger partial charge in [0.1, 0.15) is 10.1 Å². The highest BCUT2D eigenvalue weighted by Gasteiger charge is 2.07. The lowest BCUT2D eigenvalue weighted by molar-refractivity contribution is 0.649. The van der Waals surface area contributed by atoms with E-state index in [0.717, 1.165) is 10.1 Å². The standard InChI is InChI=1S/C13H14ClN3S/c1-9(15-2)10-5-7-16-12(8-10)18-13-11(14)4-3-6-17-13/h3-9,15H,1-2H3. The Kier molecular flexibility index (Phi) is 4.58. The van der Waals surface area contributed by atoms with Gasteiger partial charge in [-0.1, -0.05) is 11.6 Å². The van der Waals surface area contributed by atoms with Gasteiger partial charge in [0.25, 0.3) is 0 Å². The van der Waals surface area contributed by atoms with Gasteiger partial charge in [-0.2, -0.15) is 0 Å². The molecule has 0 aliphatic carbocycles. The van der Waals surface area contributed by atoms with E-state index >= 15 is 0 Å². The van der Waals surface area contributed by atoms with Crippen molar-refractivity contribution in [3.05, 3.63) is 47.2 Å². The Hall–Kier alpha value is -1.10. The number of hydrogen-bond acceptors (Lipinski definition) is 4. The number of pyridine rings is 2. The van der Waals surface area contributed by atoms with E-state index in [-0.39, 0.29) is 0 Å². The second-order valence-corrected chi connectivity index (χ2v) is 5.25. The lowest BCUT2D eigenvalue weighted by Gasteiger charge is -2.11. The molecule has 2 heterocycles. The summed E-state index contributed by atoms with van der Waals surface area (Å²) in [6.45, 7) is 2.11. The number of nitrogens with one attached hydrogen (secondary N) is 1. The topological polar surface area (TPSA) is 37.8 Å². The molecule has 18 heavy (non-hydrogen) atoms. The van der Waals surface area contributed by atoms with Crippen LogP contribution in [0, 0.1) is 0 Å². The first-order valence-corrected chi connectivity index (χ1v) is 6.81. The first-order chi connectivity index (χ1) is 8.70. The van der Waals surface area contributed by atoms with Gasteiger partial charge in [-0.15, -0.1) is 0 Å². The van der Waals surface area contributed by atoms with Crippen LogP contribution in [0.25, 0.3) is 0 Å². The van der Waals surface area contributed by atoms with Crippen LogP contribution < -0.4 is 5.32 Å². The van der Waals surface area contributed by atoms with Gasteiger partial charge in [0.15, 0.2) is 0 Å². The van der Waals surface area contributed by atoms with Crippen LogP contribution >= 0.6 is 23.4 Å². The highest BCUT2D eigenvalue weighted by molar-refractivity contribution is 7.99. The molecule has 0 fully saturated rings. The van der Waals surface area contributed by atoms with E-state index in [4.69, 9.17) is 11.6 Å². The molecular formula is C13H14ClN3S. The average Bonchev–Trinajstić information content (AvgIpc) is 2.41. The SMILES string of the molecule is CNC(C)c1ccnc(Sc2ncccc2Cl)c1. The van der Waals surface area contributed by atoms with E-state index in [0.29, 0.717) is 11.1 Å². The Morgan fingerprint density at radius 3 is 2.83 bits per heavy atom. The van der Waals surface area contributed by atoms with Gasteiger partial charge in [-0.05, 0) is 55.6 Å². The smallest absolute Gasteiger partial charge is 0.121 e. The Bertz CT molecular complexity index is 533. The predicted octanol–water partition coefficient (Wildman–Crippen LogP) is 3.56. The maximum atomic E-state index is 6.08. The molecule has 0 aromatic carbocycles. The zero-order chi connectivity index (χ0) is 13.0. The summed E-state index contributed by atoms with van der Waals surface area (Å²) in [5.41, 5.74) is 1.20. The first-order valence-electron chi connectivity index (χ1n) is 5.62. The van der Waals surface area contributed by atoms with Crippen LogP contribution in [0.4, 0.5) is 0 Å². The summed E-state index contributed by atoms with van der Waals surface area (Å²) in [4.78, 5) is 8.57. The maximum Gasteiger partial charge on any atom is 0.121 e. The molecule has 1 N–H and O–H groups in total. The van der Waals surface area contributed by atoms with Crippen molar-refractivity contribution in [3.63, 3.8) is 0 Å². The van der Waals surface area contributed by atoms with Gasteiger partial charge in [-0.25, -0.2) is 9.97 Å². The zero-order valence-electron chi connectivity index (χ0n) is 10.2. The molecule has 3 nitrogen and oxygen atoms in total. The fourth-order valence-electron chi connectivity index (χ4n) is 1.46. The molecule has 0 spiro atoms. The molecule has 2 aromatic heterocycles. The summed E-state index contributed by atoms with van der Waals surface area (Å²) in [6.07, 6.45) is 3.54. The molecule has 0 aliphatic rings. The summed E-state index contributed by atoms with van der Waals surface area (Å²) in [6, 6.07) is 8.00. The third-order valence-corrected chi connectivity index (χ3v) is 3.99. The molecule has 0 saturated carbocycles. The summed E-state index contributed by atoms with van der Waals surface area (Å²) in [5, 5.41) is 5.53. The molecule has 2 aromatic rings. The molecule has 1 unspecified atom stereocenters. The quantitative estimate of drug-likeness (QED) is 0.929. The predicted molar refractivity (Wildman–Crippen MR) is 75.1 cm³/mol. The molecule has 0 bridgehead atoms. The van der Waals surface area contributed by atoms with Crippen LogP contribution in [0.5, 0.6) is 0 Å². The minimum atomic E-state index is 0.298. The van der Waals surface area contributed by atoms with Crippen molar-refractivity contribution < 1.29 is 0 Å². The largest absolute Gasteiger partial charge is 0.313 e. The maximum absolute atomic E-state index is 6.08. The summed E-state index contributed by atoms with van der Waals surface area (Å²) < 4.78 is 0. The van der Waals surface area contributed by atoms with Crippen LogP contribution in [0.15, 0.2) is 46.7 Å². The number of nitrogens with zero attached hydrogens (tertiary/aromatic N) is 2. The van der Waals surface area contributed by atoms with Crippen molar-refractivity contribution in [3.8, 4) is 0 Å². The molecule has 0 aliphatic heterocycles. The van der Waals surface area contributed by atoms with Gasteiger partial charge in [-0.3, -0.25) is 0 Å². The van der Waals surface area contributed by atoms with Crippen LogP contribution in [-0.2, 0) is 0 Å². The van der Waals surface area contributed by atoms with Crippen LogP contribution in [0.1, 0.15) is 18.5 Å². The van der Waals surface area contributed by atoms with Crippen LogP contribution in [0.2, 0.25) is 5.02 Å². The Balaban J connectivity index is 2.22. The van der Waals surface area contributed by atoms with Crippen molar-refractivity contribution in [2.75, 3.05) is 7.05 Å². The van der Waals surface area contributed by atoms with Gasteiger partial charge >= 0.3 is 0 Å². The minimum Gasteiger partial charge on any atom is -0.313 e. The number of hydrogen-bond donors (Lipinski definition) is 1. The first kappa shape index (κ1) is 13.3. The Morgan fingerprint density at radius 2 is 2.11 bits per heavy atom. The van der Waals surface area contributed by atoms with Crippen molar-refractivity contribution >= 4 is 23.4 Å². The summed E-state index contributed by atoms with van der Waals surface area (Å²) in [7, 11) is 1.94. The van der Waals surface area contributed by atoms with Gasteiger partial charge < -0.3 is 5.32 Å². The normalized spacial score (nSPS) is 12.4. The van der Waals surface area contributed by atoms with Gasteiger partial charge in [0, 0.05) is 18.4 Å². The molecule has 0 saturated heterocycles. The monoisotopic (exact) mass is 279 g/mol. The zero-order valence-corrected chi connectivity index (χ0v) is 11.8. The molecule has 1 atom stereocenters. The average molecular weight is 280 g/mol. The molecule has 0 radical (unpaired) electrons. The van der Waals surface area contributed by atoms with Gasteiger partial charge in [0.2, 0.25) is 0 Å². The fraction of sp³-hybridized carbons (Fsp3) is 0.231. The molecule has 0 amide bonds. The molecular weight excluding hydrogens is 266 g/mol. The summed E-state index contributed by atoms with van der Waals surface area (Å²) in [5.74, 6) is 0. The van der Waals surface area contributed by atoms with E-state index in [1.165, 1.54) is 17.3 Å². The van der Waals surface area contributed by atoms with E-state index in [1.807, 2.05) is 31.4 Å². The van der Waals surface area contributed by atoms with Crippen molar-refractivity contribution in [1.29, 1.82) is 0 Å².